The Morgan fingerprint density at radius 1 is 1.17 bits per heavy atom. The minimum Gasteiger partial charge on any atom is -0.295 e. The highest BCUT2D eigenvalue weighted by molar-refractivity contribution is 5.91. The SMILES string of the molecule is CCCCC1=CCC2C3CCC4=CC(=O)CC[C@@H]4C3CC[C@]12C. The van der Waals surface area contributed by atoms with E-state index in [1.54, 1.807) is 5.57 Å². The molecule has 0 N–H and O–H groups in total. The molecular weight excluding hydrogens is 280 g/mol. The highest BCUT2D eigenvalue weighted by atomic mass is 16.1. The average Bonchev–Trinajstić information content (AvgIpc) is 2.89. The summed E-state index contributed by atoms with van der Waals surface area (Å²) in [6.45, 7) is 4.89. The van der Waals surface area contributed by atoms with Crippen LogP contribution >= 0.6 is 0 Å². The van der Waals surface area contributed by atoms with Gasteiger partial charge in [0.1, 0.15) is 0 Å². The Hall–Kier alpha value is -0.850. The van der Waals surface area contributed by atoms with E-state index in [1.165, 1.54) is 56.9 Å². The second-order valence-electron chi connectivity index (χ2n) is 8.83. The van der Waals surface area contributed by atoms with Crippen molar-refractivity contribution in [3.63, 3.8) is 0 Å². The number of hydrogen-bond donors (Lipinski definition) is 0. The Labute approximate surface area is 141 Å². The first-order valence-corrected chi connectivity index (χ1v) is 10.1. The van der Waals surface area contributed by atoms with Gasteiger partial charge in [-0.1, -0.05) is 37.5 Å². The minimum atomic E-state index is 0.389. The van der Waals surface area contributed by atoms with Gasteiger partial charge in [-0.3, -0.25) is 4.79 Å². The molecule has 0 radical (unpaired) electrons. The molecular formula is C22H32O. The van der Waals surface area contributed by atoms with Crippen LogP contribution in [0.25, 0.3) is 0 Å². The van der Waals surface area contributed by atoms with Gasteiger partial charge in [-0.15, -0.1) is 0 Å². The summed E-state index contributed by atoms with van der Waals surface area (Å²) >= 11 is 0. The van der Waals surface area contributed by atoms with Gasteiger partial charge in [-0.05, 0) is 86.5 Å². The minimum absolute atomic E-state index is 0.389. The summed E-state index contributed by atoms with van der Waals surface area (Å²) in [5.74, 6) is 3.82. The number of fused-ring (bicyclic) bond motifs is 5. The molecule has 4 rings (SSSR count). The fourth-order valence-electron chi connectivity index (χ4n) is 6.59. The van der Waals surface area contributed by atoms with E-state index in [0.29, 0.717) is 11.2 Å². The monoisotopic (exact) mass is 312 g/mol. The van der Waals surface area contributed by atoms with Crippen LogP contribution in [0.15, 0.2) is 23.3 Å². The predicted molar refractivity (Wildman–Crippen MR) is 95.1 cm³/mol. The van der Waals surface area contributed by atoms with Crippen molar-refractivity contribution in [3.05, 3.63) is 23.3 Å². The van der Waals surface area contributed by atoms with E-state index >= 15 is 0 Å². The normalized spacial score (nSPS) is 42.4. The van der Waals surface area contributed by atoms with Gasteiger partial charge in [0, 0.05) is 6.42 Å². The summed E-state index contributed by atoms with van der Waals surface area (Å²) in [4.78, 5) is 11.8. The van der Waals surface area contributed by atoms with E-state index in [-0.39, 0.29) is 0 Å². The molecule has 0 aromatic carbocycles. The number of rotatable bonds is 3. The van der Waals surface area contributed by atoms with Crippen LogP contribution in [0, 0.1) is 29.1 Å². The molecule has 0 heterocycles. The Morgan fingerprint density at radius 2 is 2.04 bits per heavy atom. The smallest absolute Gasteiger partial charge is 0.155 e. The molecule has 1 nitrogen and oxygen atoms in total. The second-order valence-corrected chi connectivity index (χ2v) is 8.83. The lowest BCUT2D eigenvalue weighted by molar-refractivity contribution is -0.116. The van der Waals surface area contributed by atoms with Crippen molar-refractivity contribution >= 4 is 5.78 Å². The lowest BCUT2D eigenvalue weighted by atomic mass is 9.51. The number of carbonyl (C=O) groups excluding carboxylic acids is 1. The highest BCUT2D eigenvalue weighted by Gasteiger charge is 2.53. The molecule has 0 amide bonds. The summed E-state index contributed by atoms with van der Waals surface area (Å²) in [6, 6.07) is 0. The van der Waals surface area contributed by atoms with Gasteiger partial charge in [0.25, 0.3) is 0 Å². The molecule has 23 heavy (non-hydrogen) atoms. The van der Waals surface area contributed by atoms with E-state index in [0.717, 1.165) is 36.5 Å². The zero-order chi connectivity index (χ0) is 16.0. The van der Waals surface area contributed by atoms with Crippen LogP contribution in [0.3, 0.4) is 0 Å². The van der Waals surface area contributed by atoms with Crippen LogP contribution in [-0.4, -0.2) is 5.78 Å². The van der Waals surface area contributed by atoms with Crippen molar-refractivity contribution < 1.29 is 4.79 Å². The zero-order valence-corrected chi connectivity index (χ0v) is 14.9. The summed E-state index contributed by atoms with van der Waals surface area (Å²) in [5, 5.41) is 0. The van der Waals surface area contributed by atoms with Gasteiger partial charge >= 0.3 is 0 Å². The maximum atomic E-state index is 11.8. The van der Waals surface area contributed by atoms with Gasteiger partial charge < -0.3 is 0 Å². The Bertz CT molecular complexity index is 554. The molecule has 1 heteroatoms. The molecule has 0 bridgehead atoms. The summed E-state index contributed by atoms with van der Waals surface area (Å²) in [7, 11) is 0. The van der Waals surface area contributed by atoms with Crippen molar-refractivity contribution in [2.75, 3.05) is 0 Å². The Kier molecular flexibility index (Phi) is 4.02. The van der Waals surface area contributed by atoms with Crippen LogP contribution in [0.5, 0.6) is 0 Å². The van der Waals surface area contributed by atoms with Gasteiger partial charge in [-0.25, -0.2) is 0 Å². The lowest BCUT2D eigenvalue weighted by Gasteiger charge is -2.53. The average molecular weight is 312 g/mol. The predicted octanol–water partition coefficient (Wildman–Crippen LogP) is 5.85. The number of ketones is 1. The first-order valence-electron chi connectivity index (χ1n) is 10.1. The molecule has 2 saturated carbocycles. The van der Waals surface area contributed by atoms with Crippen molar-refractivity contribution in [3.8, 4) is 0 Å². The molecule has 5 atom stereocenters. The van der Waals surface area contributed by atoms with E-state index in [2.05, 4.69) is 19.9 Å². The van der Waals surface area contributed by atoms with E-state index in [4.69, 9.17) is 0 Å². The molecule has 0 aromatic rings. The van der Waals surface area contributed by atoms with Crippen LogP contribution in [0.4, 0.5) is 0 Å². The standard InChI is InChI=1S/C22H32O/c1-3-4-5-16-7-11-21-20-9-6-15-14-17(23)8-10-18(15)19(20)12-13-22(16,21)2/h7,14,18-21H,3-6,8-13H2,1-2H3/t18-,19?,20?,21?,22+/m0/s1. The van der Waals surface area contributed by atoms with Crippen molar-refractivity contribution in [2.24, 2.45) is 29.1 Å². The third-order valence-electron chi connectivity index (χ3n) is 7.84. The van der Waals surface area contributed by atoms with Crippen molar-refractivity contribution in [1.82, 2.24) is 0 Å². The molecule has 0 spiro atoms. The molecule has 0 aromatic heterocycles. The third kappa shape index (κ3) is 2.46. The molecule has 0 aliphatic heterocycles. The summed E-state index contributed by atoms with van der Waals surface area (Å²) in [5.41, 5.74) is 3.81. The van der Waals surface area contributed by atoms with Crippen LogP contribution in [-0.2, 0) is 4.79 Å². The molecule has 126 valence electrons. The maximum Gasteiger partial charge on any atom is 0.155 e. The lowest BCUT2D eigenvalue weighted by Crippen LogP contribution is -2.45. The molecule has 3 unspecified atom stereocenters. The topological polar surface area (TPSA) is 17.1 Å². The van der Waals surface area contributed by atoms with Gasteiger partial charge in [0.15, 0.2) is 5.78 Å². The number of carbonyl (C=O) groups is 1. The third-order valence-corrected chi connectivity index (χ3v) is 7.84. The molecule has 0 saturated heterocycles. The Balaban J connectivity index is 1.55. The Morgan fingerprint density at radius 3 is 2.87 bits per heavy atom. The van der Waals surface area contributed by atoms with Crippen molar-refractivity contribution in [2.45, 2.75) is 78.1 Å². The van der Waals surface area contributed by atoms with E-state index < -0.39 is 0 Å². The van der Waals surface area contributed by atoms with E-state index in [9.17, 15) is 4.79 Å². The number of allylic oxidation sites excluding steroid dienone is 4. The number of hydrogen-bond acceptors (Lipinski definition) is 1. The molecule has 4 aliphatic carbocycles. The fourth-order valence-corrected chi connectivity index (χ4v) is 6.59. The van der Waals surface area contributed by atoms with Crippen molar-refractivity contribution in [1.29, 1.82) is 0 Å². The summed E-state index contributed by atoms with van der Waals surface area (Å²) in [6.07, 6.45) is 17.3. The highest BCUT2D eigenvalue weighted by Crippen LogP contribution is 2.62. The van der Waals surface area contributed by atoms with Crippen LogP contribution in [0.2, 0.25) is 0 Å². The van der Waals surface area contributed by atoms with Crippen LogP contribution < -0.4 is 0 Å². The summed E-state index contributed by atoms with van der Waals surface area (Å²) < 4.78 is 0. The van der Waals surface area contributed by atoms with Crippen LogP contribution in [0.1, 0.15) is 78.1 Å². The maximum absolute atomic E-state index is 11.8. The molecule has 2 fully saturated rings. The number of unbranched alkanes of at least 4 members (excludes halogenated alkanes) is 1. The van der Waals surface area contributed by atoms with Gasteiger partial charge in [0.05, 0.1) is 0 Å². The largest absolute Gasteiger partial charge is 0.295 e. The zero-order valence-electron chi connectivity index (χ0n) is 14.9. The second kappa shape index (κ2) is 5.90. The van der Waals surface area contributed by atoms with Gasteiger partial charge in [-0.2, -0.15) is 0 Å². The fraction of sp³-hybridized carbons (Fsp3) is 0.773. The first kappa shape index (κ1) is 15.7. The molecule has 4 aliphatic rings. The van der Waals surface area contributed by atoms with Gasteiger partial charge in [0.2, 0.25) is 0 Å². The first-order chi connectivity index (χ1) is 11.1. The quantitative estimate of drug-likeness (QED) is 0.597. The van der Waals surface area contributed by atoms with E-state index in [1.807, 2.05) is 6.08 Å².